The van der Waals surface area contributed by atoms with Gasteiger partial charge in [-0.2, -0.15) is 0 Å². The topological polar surface area (TPSA) is 0 Å². The summed E-state index contributed by atoms with van der Waals surface area (Å²) >= 11 is -4.70. The van der Waals surface area contributed by atoms with E-state index in [1.807, 2.05) is 0 Å². The zero-order chi connectivity index (χ0) is 3.58. The van der Waals surface area contributed by atoms with Crippen molar-refractivity contribution in [1.82, 2.24) is 0 Å². The molecular weight excluding hydrogens is 293 g/mol. The summed E-state index contributed by atoms with van der Waals surface area (Å²) in [7, 11) is 0. The number of rotatable bonds is 0. The molecule has 0 nitrogen and oxygen atoms in total. The van der Waals surface area contributed by atoms with Gasteiger partial charge >= 0.3 is 29.2 Å². The van der Waals surface area contributed by atoms with Crippen molar-refractivity contribution in [3.05, 3.63) is 0 Å². The van der Waals surface area contributed by atoms with Gasteiger partial charge in [-0.3, -0.25) is 0 Å². The van der Waals surface area contributed by atoms with Gasteiger partial charge in [0.1, 0.15) is 0 Å². The number of hydrogen-bond acceptors (Lipinski definition) is 0. The van der Waals surface area contributed by atoms with E-state index in [0.29, 0.717) is 0 Å². The van der Waals surface area contributed by atoms with Crippen molar-refractivity contribution in [2.24, 2.45) is 0 Å². The largest absolute Gasteiger partial charge is 0 e. The van der Waals surface area contributed by atoms with Crippen molar-refractivity contribution in [3.8, 4) is 0 Å². The van der Waals surface area contributed by atoms with Gasteiger partial charge in [0.15, 0.2) is 0 Å². The molecule has 0 aromatic carbocycles. The summed E-state index contributed by atoms with van der Waals surface area (Å²) in [5.41, 5.74) is 0. The Balaban J connectivity index is 0. The molecule has 0 unspecified atom stereocenters. The standard InChI is InChI=1S/Au.3FH.K/h;3*1H;/q+3;;;;/p-3. The second-order valence-electron chi connectivity index (χ2n) is 0.129. The maximum Gasteiger partial charge on any atom is 0 e. The molecule has 0 spiro atoms. The van der Waals surface area contributed by atoms with Gasteiger partial charge in [-0.25, -0.2) is 0 Å². The smallest absolute Gasteiger partial charge is 0 e. The predicted octanol–water partition coefficient (Wildman–Crippen LogP) is 0.877. The summed E-state index contributed by atoms with van der Waals surface area (Å²) in [6.45, 7) is 0. The SMILES string of the molecule is [F][Au]([F])[F].[K]. The summed E-state index contributed by atoms with van der Waals surface area (Å²) in [6, 6.07) is 0. The first-order valence-corrected chi connectivity index (χ1v) is 2.80. The Morgan fingerprint density at radius 3 is 1.00 bits per heavy atom. The van der Waals surface area contributed by atoms with E-state index in [9.17, 15) is 9.07 Å². The van der Waals surface area contributed by atoms with Gasteiger partial charge in [-0.1, -0.05) is 0 Å². The van der Waals surface area contributed by atoms with Crippen LogP contribution in [0.25, 0.3) is 0 Å². The van der Waals surface area contributed by atoms with Crippen LogP contribution in [0.5, 0.6) is 0 Å². The molecule has 0 fully saturated rings. The molecule has 0 saturated heterocycles. The van der Waals surface area contributed by atoms with Crippen LogP contribution in [-0.4, -0.2) is 51.4 Å². The minimum absolute atomic E-state index is 0. The van der Waals surface area contributed by atoms with Gasteiger partial charge in [0, 0.05) is 51.4 Å². The third-order valence-electron chi connectivity index (χ3n) is 0. The van der Waals surface area contributed by atoms with Crippen molar-refractivity contribution >= 4 is 51.4 Å². The van der Waals surface area contributed by atoms with Crippen molar-refractivity contribution in [2.75, 3.05) is 0 Å². The van der Waals surface area contributed by atoms with E-state index in [1.54, 1.807) is 0 Å². The molecule has 0 aromatic heterocycles. The van der Waals surface area contributed by atoms with Crippen LogP contribution in [0.2, 0.25) is 0 Å². The first-order chi connectivity index (χ1) is 1.73. The number of hydrogen-bond donors (Lipinski definition) is 0. The van der Waals surface area contributed by atoms with Gasteiger partial charge in [0.2, 0.25) is 0 Å². The van der Waals surface area contributed by atoms with Crippen LogP contribution < -0.4 is 0 Å². The van der Waals surface area contributed by atoms with E-state index in [4.69, 9.17) is 0 Å². The zero-order valence-electron chi connectivity index (χ0n) is 2.44. The fourth-order valence-electron chi connectivity index (χ4n) is 0. The molecule has 0 bridgehead atoms. The molecule has 33 valence electrons. The molecular formula is AuF3K. The second-order valence-corrected chi connectivity index (χ2v) is 1.06. The maximum atomic E-state index is 9.81. The van der Waals surface area contributed by atoms with Crippen LogP contribution in [0.3, 0.4) is 0 Å². The fourth-order valence-corrected chi connectivity index (χ4v) is 0. The van der Waals surface area contributed by atoms with Crippen molar-refractivity contribution in [1.29, 1.82) is 0 Å². The third-order valence-corrected chi connectivity index (χ3v) is 0. The fraction of sp³-hybridized carbons (Fsp3) is 0. The van der Waals surface area contributed by atoms with Crippen molar-refractivity contribution < 1.29 is 29.2 Å². The normalized spacial score (nSPS) is 9.00. The van der Waals surface area contributed by atoms with Gasteiger partial charge in [-0.05, 0) is 0 Å². The average molecular weight is 293 g/mol. The second kappa shape index (κ2) is 6.17. The van der Waals surface area contributed by atoms with E-state index in [2.05, 4.69) is 0 Å². The Labute approximate surface area is 78.8 Å². The summed E-state index contributed by atoms with van der Waals surface area (Å²) in [6.07, 6.45) is 0. The molecule has 0 saturated carbocycles. The Kier molecular flexibility index (Phi) is 12.6. The summed E-state index contributed by atoms with van der Waals surface area (Å²) < 4.78 is 29.4. The van der Waals surface area contributed by atoms with Crippen LogP contribution in [0.4, 0.5) is 9.07 Å². The van der Waals surface area contributed by atoms with Crippen molar-refractivity contribution in [2.45, 2.75) is 0 Å². The molecule has 0 atom stereocenters. The minimum Gasteiger partial charge on any atom is 0 e. The molecule has 5 heteroatoms. The summed E-state index contributed by atoms with van der Waals surface area (Å²) in [4.78, 5) is 0. The summed E-state index contributed by atoms with van der Waals surface area (Å²) in [5, 5.41) is 0. The van der Waals surface area contributed by atoms with Crippen LogP contribution >= 0.6 is 0 Å². The molecule has 1 radical (unpaired) electrons. The van der Waals surface area contributed by atoms with Gasteiger partial charge in [-0.15, -0.1) is 0 Å². The van der Waals surface area contributed by atoms with E-state index in [-0.39, 0.29) is 51.4 Å². The van der Waals surface area contributed by atoms with Gasteiger partial charge in [0.05, 0.1) is 0 Å². The van der Waals surface area contributed by atoms with Gasteiger partial charge < -0.3 is 0 Å². The monoisotopic (exact) mass is 293 g/mol. The first kappa shape index (κ1) is 10.2. The van der Waals surface area contributed by atoms with Crippen LogP contribution in [0, 0.1) is 0 Å². The molecule has 0 aromatic rings. The molecule has 0 aliphatic carbocycles. The van der Waals surface area contributed by atoms with E-state index >= 15 is 0 Å². The quantitative estimate of drug-likeness (QED) is 0.582. The predicted molar refractivity (Wildman–Crippen MR) is 9.08 cm³/mol. The molecule has 0 amide bonds. The Hall–Kier alpha value is 2.17. The van der Waals surface area contributed by atoms with Crippen LogP contribution in [0.1, 0.15) is 0 Å². The van der Waals surface area contributed by atoms with Crippen LogP contribution in [-0.2, 0) is 20.1 Å². The molecule has 0 heterocycles. The molecule has 0 rings (SSSR count). The molecule has 0 aliphatic rings. The minimum atomic E-state index is -4.70. The number of halogens is 3. The van der Waals surface area contributed by atoms with Crippen molar-refractivity contribution in [3.63, 3.8) is 0 Å². The third kappa shape index (κ3) is 22.8. The molecule has 0 aliphatic heterocycles. The van der Waals surface area contributed by atoms with Gasteiger partial charge in [0.25, 0.3) is 0 Å². The molecule has 5 heavy (non-hydrogen) atoms. The zero-order valence-corrected chi connectivity index (χ0v) is 7.72. The van der Waals surface area contributed by atoms with E-state index in [0.717, 1.165) is 0 Å². The molecule has 0 N–H and O–H groups in total. The maximum absolute atomic E-state index is 9.81. The van der Waals surface area contributed by atoms with E-state index in [1.165, 1.54) is 0 Å². The van der Waals surface area contributed by atoms with Crippen LogP contribution in [0.15, 0.2) is 0 Å². The Morgan fingerprint density at radius 1 is 1.00 bits per heavy atom. The Bertz CT molecular complexity index is 11.6. The average Bonchev–Trinajstić information content (AvgIpc) is 0.811. The summed E-state index contributed by atoms with van der Waals surface area (Å²) in [5.74, 6) is 0. The Morgan fingerprint density at radius 2 is 1.00 bits per heavy atom. The van der Waals surface area contributed by atoms with E-state index < -0.39 is 20.1 Å². The first-order valence-electron chi connectivity index (χ1n) is 0.342.